The zero-order chi connectivity index (χ0) is 21.7. The Hall–Kier alpha value is -3.61. The number of amides is 1. The molecule has 0 saturated carbocycles. The highest BCUT2D eigenvalue weighted by Gasteiger charge is 2.25. The normalized spacial score (nSPS) is 11.6. The molecule has 1 N–H and O–H groups in total. The van der Waals surface area contributed by atoms with Gasteiger partial charge < -0.3 is 14.8 Å². The second kappa shape index (κ2) is 9.26. The number of hydrogen-bond acceptors (Lipinski definition) is 5. The predicted octanol–water partition coefficient (Wildman–Crippen LogP) is 4.07. The van der Waals surface area contributed by atoms with E-state index in [4.69, 9.17) is 9.47 Å². The summed E-state index contributed by atoms with van der Waals surface area (Å²) in [5.41, 5.74) is 3.00. The number of aromatic nitrogens is 2. The van der Waals surface area contributed by atoms with Crippen LogP contribution >= 0.6 is 0 Å². The van der Waals surface area contributed by atoms with E-state index >= 15 is 0 Å². The number of nitrogens with zero attached hydrogens (tertiary/aromatic N) is 2. The molecule has 0 bridgehead atoms. The lowest BCUT2D eigenvalue weighted by atomic mass is 10.2. The fraction of sp³-hybridized carbons (Fsp3) is 0.261. The first-order valence-corrected chi connectivity index (χ1v) is 9.77. The van der Waals surface area contributed by atoms with E-state index in [1.54, 1.807) is 42.8 Å². The van der Waals surface area contributed by atoms with Gasteiger partial charge in [-0.25, -0.2) is 9.48 Å². The number of anilines is 1. The topological polar surface area (TPSA) is 82.4 Å². The van der Waals surface area contributed by atoms with Gasteiger partial charge in [-0.2, -0.15) is 5.10 Å². The second-order valence-electron chi connectivity index (χ2n) is 6.79. The Balaban J connectivity index is 1.68. The van der Waals surface area contributed by atoms with Crippen LogP contribution in [0.25, 0.3) is 5.69 Å². The smallest absolute Gasteiger partial charge is 0.342 e. The van der Waals surface area contributed by atoms with Gasteiger partial charge in [0.15, 0.2) is 6.10 Å². The third-order valence-electron chi connectivity index (χ3n) is 4.58. The Morgan fingerprint density at radius 3 is 2.37 bits per heavy atom. The van der Waals surface area contributed by atoms with Crippen molar-refractivity contribution in [1.82, 2.24) is 9.78 Å². The number of ether oxygens (including phenoxy) is 2. The monoisotopic (exact) mass is 407 g/mol. The van der Waals surface area contributed by atoms with Crippen molar-refractivity contribution in [2.45, 2.75) is 33.8 Å². The molecule has 2 aromatic carbocycles. The minimum Gasteiger partial charge on any atom is -0.494 e. The quantitative estimate of drug-likeness (QED) is 0.597. The fourth-order valence-corrected chi connectivity index (χ4v) is 3.08. The number of esters is 1. The van der Waals surface area contributed by atoms with Crippen LogP contribution < -0.4 is 10.1 Å². The molecule has 0 aliphatic rings. The summed E-state index contributed by atoms with van der Waals surface area (Å²) in [5, 5.41) is 7.18. The maximum Gasteiger partial charge on any atom is 0.342 e. The zero-order valence-corrected chi connectivity index (χ0v) is 17.5. The van der Waals surface area contributed by atoms with Crippen molar-refractivity contribution in [1.29, 1.82) is 0 Å². The Morgan fingerprint density at radius 2 is 1.73 bits per heavy atom. The van der Waals surface area contributed by atoms with Crippen LogP contribution in [-0.4, -0.2) is 34.4 Å². The van der Waals surface area contributed by atoms with Gasteiger partial charge >= 0.3 is 5.97 Å². The fourth-order valence-electron chi connectivity index (χ4n) is 3.08. The molecule has 0 radical (unpaired) electrons. The van der Waals surface area contributed by atoms with Gasteiger partial charge in [0.1, 0.15) is 11.3 Å². The Kier molecular flexibility index (Phi) is 6.51. The summed E-state index contributed by atoms with van der Waals surface area (Å²) in [6.45, 7) is 7.55. The highest BCUT2D eigenvalue weighted by molar-refractivity contribution is 5.98. The lowest BCUT2D eigenvalue weighted by molar-refractivity contribution is -0.123. The average Bonchev–Trinajstić information content (AvgIpc) is 3.04. The van der Waals surface area contributed by atoms with Crippen molar-refractivity contribution in [3.63, 3.8) is 0 Å². The summed E-state index contributed by atoms with van der Waals surface area (Å²) >= 11 is 0. The third-order valence-corrected chi connectivity index (χ3v) is 4.58. The van der Waals surface area contributed by atoms with Gasteiger partial charge in [-0.3, -0.25) is 4.79 Å². The van der Waals surface area contributed by atoms with Gasteiger partial charge in [0, 0.05) is 5.69 Å². The summed E-state index contributed by atoms with van der Waals surface area (Å²) in [5.74, 6) is -0.281. The minimum absolute atomic E-state index is 0.361. The van der Waals surface area contributed by atoms with E-state index in [2.05, 4.69) is 10.4 Å². The van der Waals surface area contributed by atoms with Gasteiger partial charge in [0.25, 0.3) is 5.91 Å². The van der Waals surface area contributed by atoms with Crippen LogP contribution in [0.4, 0.5) is 5.69 Å². The molecule has 156 valence electrons. The van der Waals surface area contributed by atoms with E-state index in [1.807, 2.05) is 37.3 Å². The number of carbonyl (C=O) groups excluding carboxylic acids is 2. The van der Waals surface area contributed by atoms with Crippen LogP contribution in [0.5, 0.6) is 5.75 Å². The van der Waals surface area contributed by atoms with Crippen LogP contribution in [0.15, 0.2) is 54.6 Å². The maximum absolute atomic E-state index is 12.7. The van der Waals surface area contributed by atoms with Gasteiger partial charge in [0.2, 0.25) is 0 Å². The maximum atomic E-state index is 12.7. The standard InChI is InChI=1S/C23H25N3O4/c1-5-29-20-13-11-18(12-14-20)24-22(27)17(4)30-23(28)21-15(2)25-26(16(21)3)19-9-7-6-8-10-19/h6-14,17H,5H2,1-4H3,(H,24,27)/t17-/m1/s1. The van der Waals surface area contributed by atoms with Crippen molar-refractivity contribution in [3.8, 4) is 11.4 Å². The molecule has 0 saturated heterocycles. The largest absolute Gasteiger partial charge is 0.494 e. The van der Waals surface area contributed by atoms with E-state index in [-0.39, 0.29) is 0 Å². The molecule has 0 unspecified atom stereocenters. The highest BCUT2D eigenvalue weighted by atomic mass is 16.5. The molecule has 0 spiro atoms. The van der Waals surface area contributed by atoms with E-state index in [0.29, 0.717) is 29.2 Å². The summed E-state index contributed by atoms with van der Waals surface area (Å²) in [6.07, 6.45) is -0.969. The number of carbonyl (C=O) groups is 2. The molecule has 1 atom stereocenters. The lowest BCUT2D eigenvalue weighted by Gasteiger charge is -2.14. The van der Waals surface area contributed by atoms with Crippen LogP contribution in [-0.2, 0) is 9.53 Å². The molecule has 30 heavy (non-hydrogen) atoms. The van der Waals surface area contributed by atoms with Gasteiger partial charge in [-0.15, -0.1) is 0 Å². The zero-order valence-electron chi connectivity index (χ0n) is 17.5. The summed E-state index contributed by atoms with van der Waals surface area (Å²) in [4.78, 5) is 25.2. The van der Waals surface area contributed by atoms with E-state index in [1.165, 1.54) is 6.92 Å². The van der Waals surface area contributed by atoms with E-state index in [9.17, 15) is 9.59 Å². The van der Waals surface area contributed by atoms with Crippen LogP contribution in [0.2, 0.25) is 0 Å². The van der Waals surface area contributed by atoms with Crippen LogP contribution in [0.3, 0.4) is 0 Å². The van der Waals surface area contributed by atoms with Crippen LogP contribution in [0, 0.1) is 13.8 Å². The summed E-state index contributed by atoms with van der Waals surface area (Å²) in [6, 6.07) is 16.5. The SMILES string of the molecule is CCOc1ccc(NC(=O)[C@@H](C)OC(=O)c2c(C)nn(-c3ccccc3)c2C)cc1. The number of nitrogens with one attached hydrogen (secondary N) is 1. The van der Waals surface area contributed by atoms with Gasteiger partial charge in [-0.05, 0) is 64.1 Å². The Morgan fingerprint density at radius 1 is 1.07 bits per heavy atom. The number of para-hydroxylation sites is 1. The lowest BCUT2D eigenvalue weighted by Crippen LogP contribution is -2.30. The van der Waals surface area contributed by atoms with Gasteiger partial charge in [-0.1, -0.05) is 18.2 Å². The molecule has 7 nitrogen and oxygen atoms in total. The molecule has 7 heteroatoms. The summed E-state index contributed by atoms with van der Waals surface area (Å²) < 4.78 is 12.5. The molecule has 3 rings (SSSR count). The minimum atomic E-state index is -0.969. The molecular formula is C23H25N3O4. The third kappa shape index (κ3) is 4.68. The molecule has 1 heterocycles. The molecule has 3 aromatic rings. The first-order chi connectivity index (χ1) is 14.4. The molecule has 0 aliphatic carbocycles. The molecular weight excluding hydrogens is 382 g/mol. The van der Waals surface area contributed by atoms with Crippen molar-refractivity contribution in [2.24, 2.45) is 0 Å². The first-order valence-electron chi connectivity index (χ1n) is 9.77. The second-order valence-corrected chi connectivity index (χ2v) is 6.79. The van der Waals surface area contributed by atoms with E-state index in [0.717, 1.165) is 11.4 Å². The summed E-state index contributed by atoms with van der Waals surface area (Å²) in [7, 11) is 0. The molecule has 1 aromatic heterocycles. The number of hydrogen-bond donors (Lipinski definition) is 1. The van der Waals surface area contributed by atoms with Crippen molar-refractivity contribution < 1.29 is 19.1 Å². The highest BCUT2D eigenvalue weighted by Crippen LogP contribution is 2.20. The average molecular weight is 407 g/mol. The van der Waals surface area contributed by atoms with Crippen molar-refractivity contribution >= 4 is 17.6 Å². The first kappa shape index (κ1) is 21.1. The Bertz CT molecular complexity index is 1030. The number of rotatable bonds is 7. The predicted molar refractivity (Wildman–Crippen MR) is 114 cm³/mol. The van der Waals surface area contributed by atoms with E-state index < -0.39 is 18.0 Å². The molecule has 1 amide bonds. The number of aryl methyl sites for hydroxylation is 1. The number of benzene rings is 2. The molecule has 0 fully saturated rings. The van der Waals surface area contributed by atoms with Crippen molar-refractivity contribution in [2.75, 3.05) is 11.9 Å². The van der Waals surface area contributed by atoms with Crippen LogP contribution in [0.1, 0.15) is 35.6 Å². The molecule has 0 aliphatic heterocycles. The van der Waals surface area contributed by atoms with Gasteiger partial charge in [0.05, 0.1) is 23.7 Å². The van der Waals surface area contributed by atoms with Crippen molar-refractivity contribution in [3.05, 3.63) is 71.5 Å². The Labute approximate surface area is 175 Å².